The second kappa shape index (κ2) is 7.78. The van der Waals surface area contributed by atoms with Crippen molar-refractivity contribution in [3.05, 3.63) is 34.9 Å². The molecule has 0 aromatic heterocycles. The van der Waals surface area contributed by atoms with Crippen molar-refractivity contribution in [3.63, 3.8) is 0 Å². The van der Waals surface area contributed by atoms with Gasteiger partial charge >= 0.3 is 0 Å². The molecular formula is C16H23ClN2O2. The van der Waals surface area contributed by atoms with Crippen molar-refractivity contribution in [2.75, 3.05) is 19.7 Å². The lowest BCUT2D eigenvalue weighted by Gasteiger charge is -2.26. The average Bonchev–Trinajstić information content (AvgIpc) is 2.47. The number of carbonyl (C=O) groups is 1. The van der Waals surface area contributed by atoms with E-state index >= 15 is 0 Å². The first-order valence-corrected chi connectivity index (χ1v) is 7.81. The highest BCUT2D eigenvalue weighted by atomic mass is 35.5. The van der Waals surface area contributed by atoms with Crippen LogP contribution in [0.1, 0.15) is 31.9 Å². The fraction of sp³-hybridized carbons (Fsp3) is 0.562. The number of hydrogen-bond donors (Lipinski definition) is 2. The zero-order chi connectivity index (χ0) is 15.2. The minimum absolute atomic E-state index is 0.00804. The Labute approximate surface area is 131 Å². The zero-order valence-corrected chi connectivity index (χ0v) is 13.3. The number of benzene rings is 1. The third-order valence-electron chi connectivity index (χ3n) is 3.63. The van der Waals surface area contributed by atoms with Crippen molar-refractivity contribution in [2.24, 2.45) is 5.92 Å². The van der Waals surface area contributed by atoms with Crippen LogP contribution in [0.25, 0.3) is 0 Å². The molecule has 4 nitrogen and oxygen atoms in total. The normalized spacial score (nSPS) is 20.3. The van der Waals surface area contributed by atoms with E-state index in [2.05, 4.69) is 24.5 Å². The molecular weight excluding hydrogens is 288 g/mol. The molecule has 0 radical (unpaired) electrons. The van der Waals surface area contributed by atoms with Gasteiger partial charge in [0.2, 0.25) is 5.91 Å². The summed E-state index contributed by atoms with van der Waals surface area (Å²) in [6.07, 6.45) is 0.362. The van der Waals surface area contributed by atoms with E-state index in [9.17, 15) is 4.79 Å². The van der Waals surface area contributed by atoms with Crippen molar-refractivity contribution < 1.29 is 9.53 Å². The quantitative estimate of drug-likeness (QED) is 0.878. The number of halogens is 1. The number of ether oxygens (including phenoxy) is 1. The van der Waals surface area contributed by atoms with Crippen LogP contribution < -0.4 is 10.6 Å². The van der Waals surface area contributed by atoms with Crippen molar-refractivity contribution in [2.45, 2.75) is 32.4 Å². The van der Waals surface area contributed by atoms with Crippen LogP contribution >= 0.6 is 11.6 Å². The van der Waals surface area contributed by atoms with Gasteiger partial charge < -0.3 is 15.4 Å². The average molecular weight is 311 g/mol. The van der Waals surface area contributed by atoms with Gasteiger partial charge in [0.15, 0.2) is 0 Å². The minimum atomic E-state index is -0.0308. The van der Waals surface area contributed by atoms with E-state index in [4.69, 9.17) is 16.3 Å². The van der Waals surface area contributed by atoms with Crippen LogP contribution in [0.3, 0.4) is 0 Å². The van der Waals surface area contributed by atoms with E-state index < -0.39 is 0 Å². The van der Waals surface area contributed by atoms with Gasteiger partial charge in [-0.1, -0.05) is 37.6 Å². The smallest absolute Gasteiger partial charge is 0.223 e. The van der Waals surface area contributed by atoms with Gasteiger partial charge in [0, 0.05) is 18.1 Å². The molecule has 1 saturated heterocycles. The van der Waals surface area contributed by atoms with Gasteiger partial charge in [0.25, 0.3) is 0 Å². The number of rotatable bonds is 5. The van der Waals surface area contributed by atoms with Crippen molar-refractivity contribution >= 4 is 17.5 Å². The predicted octanol–water partition coefficient (Wildman–Crippen LogP) is 2.53. The second-order valence-corrected chi connectivity index (χ2v) is 6.18. The molecule has 1 aromatic rings. The Morgan fingerprint density at radius 1 is 1.43 bits per heavy atom. The summed E-state index contributed by atoms with van der Waals surface area (Å²) in [4.78, 5) is 12.2. The fourth-order valence-corrected chi connectivity index (χ4v) is 2.62. The van der Waals surface area contributed by atoms with Crippen LogP contribution in [-0.4, -0.2) is 31.7 Å². The highest BCUT2D eigenvalue weighted by Gasteiger charge is 2.22. The summed E-state index contributed by atoms with van der Waals surface area (Å²) < 4.78 is 5.57. The molecule has 5 heteroatoms. The summed E-state index contributed by atoms with van der Waals surface area (Å²) in [5.74, 6) is 0.331. The standard InChI is InChI=1S/C16H23ClN2O2/c1-11(2)16(12-3-5-13(17)6-4-12)19-15(20)9-14-10-18-7-8-21-14/h3-6,11,14,16,18H,7-10H2,1-2H3,(H,19,20). The Morgan fingerprint density at radius 2 is 2.14 bits per heavy atom. The first kappa shape index (κ1) is 16.3. The number of nitrogens with one attached hydrogen (secondary N) is 2. The molecule has 2 N–H and O–H groups in total. The maximum absolute atomic E-state index is 12.2. The van der Waals surface area contributed by atoms with E-state index in [1.165, 1.54) is 0 Å². The topological polar surface area (TPSA) is 50.4 Å². The molecule has 0 aliphatic carbocycles. The third-order valence-corrected chi connectivity index (χ3v) is 3.88. The lowest BCUT2D eigenvalue weighted by atomic mass is 9.96. The number of carbonyl (C=O) groups excluding carboxylic acids is 1. The van der Waals surface area contributed by atoms with E-state index in [1.807, 2.05) is 24.3 Å². The van der Waals surface area contributed by atoms with Crippen LogP contribution in [0.4, 0.5) is 0 Å². The molecule has 2 rings (SSSR count). The van der Waals surface area contributed by atoms with Gasteiger partial charge in [0.1, 0.15) is 0 Å². The van der Waals surface area contributed by atoms with Gasteiger partial charge in [-0.05, 0) is 23.6 Å². The van der Waals surface area contributed by atoms with Gasteiger partial charge in [-0.25, -0.2) is 0 Å². The lowest BCUT2D eigenvalue weighted by Crippen LogP contribution is -2.42. The highest BCUT2D eigenvalue weighted by molar-refractivity contribution is 6.30. The van der Waals surface area contributed by atoms with E-state index in [0.29, 0.717) is 24.0 Å². The summed E-state index contributed by atoms with van der Waals surface area (Å²) >= 11 is 5.92. The molecule has 116 valence electrons. The Hall–Kier alpha value is -1.10. The van der Waals surface area contributed by atoms with E-state index in [1.54, 1.807) is 0 Å². The van der Waals surface area contributed by atoms with Crippen molar-refractivity contribution in [1.29, 1.82) is 0 Å². The van der Waals surface area contributed by atoms with Crippen molar-refractivity contribution in [1.82, 2.24) is 10.6 Å². The number of morpholine rings is 1. The number of amides is 1. The first-order valence-electron chi connectivity index (χ1n) is 7.43. The van der Waals surface area contributed by atoms with E-state index in [-0.39, 0.29) is 18.1 Å². The summed E-state index contributed by atoms with van der Waals surface area (Å²) in [7, 11) is 0. The summed E-state index contributed by atoms with van der Waals surface area (Å²) in [6, 6.07) is 7.63. The molecule has 1 aromatic carbocycles. The molecule has 2 atom stereocenters. The number of hydrogen-bond acceptors (Lipinski definition) is 3. The first-order chi connectivity index (χ1) is 10.1. The van der Waals surface area contributed by atoms with Crippen molar-refractivity contribution in [3.8, 4) is 0 Å². The molecule has 0 saturated carbocycles. The summed E-state index contributed by atoms with van der Waals surface area (Å²) in [6.45, 7) is 6.46. The molecule has 1 fully saturated rings. The molecule has 1 aliphatic heterocycles. The van der Waals surface area contributed by atoms with Gasteiger partial charge in [-0.15, -0.1) is 0 Å². The molecule has 1 amide bonds. The maximum Gasteiger partial charge on any atom is 0.223 e. The molecule has 1 aliphatic rings. The Balaban J connectivity index is 1.95. The Morgan fingerprint density at radius 3 is 2.71 bits per heavy atom. The van der Waals surface area contributed by atoms with Crippen LogP contribution in [-0.2, 0) is 9.53 Å². The monoisotopic (exact) mass is 310 g/mol. The fourth-order valence-electron chi connectivity index (χ4n) is 2.49. The molecule has 0 spiro atoms. The van der Waals surface area contributed by atoms with Crippen LogP contribution in [0, 0.1) is 5.92 Å². The maximum atomic E-state index is 12.2. The molecule has 1 heterocycles. The van der Waals surface area contributed by atoms with Gasteiger partial charge in [0.05, 0.1) is 25.2 Å². The molecule has 2 unspecified atom stereocenters. The van der Waals surface area contributed by atoms with E-state index in [0.717, 1.165) is 18.7 Å². The minimum Gasteiger partial charge on any atom is -0.375 e. The summed E-state index contributed by atoms with van der Waals surface area (Å²) in [5.41, 5.74) is 1.07. The predicted molar refractivity (Wildman–Crippen MR) is 84.4 cm³/mol. The highest BCUT2D eigenvalue weighted by Crippen LogP contribution is 2.23. The van der Waals surface area contributed by atoms with Crippen LogP contribution in [0.15, 0.2) is 24.3 Å². The third kappa shape index (κ3) is 4.99. The summed E-state index contributed by atoms with van der Waals surface area (Å²) in [5, 5.41) is 7.05. The van der Waals surface area contributed by atoms with Gasteiger partial charge in [-0.3, -0.25) is 4.79 Å². The molecule has 21 heavy (non-hydrogen) atoms. The Bertz CT molecular complexity index is 456. The second-order valence-electron chi connectivity index (χ2n) is 5.74. The SMILES string of the molecule is CC(C)C(NC(=O)CC1CNCCO1)c1ccc(Cl)cc1. The van der Waals surface area contributed by atoms with Gasteiger partial charge in [-0.2, -0.15) is 0 Å². The van der Waals surface area contributed by atoms with Crippen LogP contribution in [0.2, 0.25) is 5.02 Å². The lowest BCUT2D eigenvalue weighted by molar-refractivity contribution is -0.125. The largest absolute Gasteiger partial charge is 0.375 e. The zero-order valence-electron chi connectivity index (χ0n) is 12.6. The van der Waals surface area contributed by atoms with Crippen LogP contribution in [0.5, 0.6) is 0 Å². The Kier molecular flexibility index (Phi) is 6.03. The molecule has 0 bridgehead atoms.